The van der Waals surface area contributed by atoms with Gasteiger partial charge in [-0.15, -0.1) is 0 Å². The number of carbonyl (C=O) groups excluding carboxylic acids is 2. The highest BCUT2D eigenvalue weighted by Gasteiger charge is 2.31. The first-order valence-corrected chi connectivity index (χ1v) is 15.5. The number of hydrogen-bond donors (Lipinski definition) is 1. The molecule has 0 aromatic heterocycles. The maximum Gasteiger partial charge on any atom is 0.243 e. The van der Waals surface area contributed by atoms with Crippen LogP contribution in [0.5, 0.6) is 0 Å². The molecular formula is C32H41N3O4S. The standard InChI is InChI=1S/C32H41N3O4S/c1-24(2)33-32(37)30(22-27-13-7-6-8-14-27)34(23-28-19-17-25(3)18-20-28)31(36)16-11-21-35(40(5,38)39)29-15-10-9-12-26(29)4/h6-10,12-15,17-20,24,30H,11,16,21-23H2,1-5H3,(H,33,37). The van der Waals surface area contributed by atoms with Gasteiger partial charge in [0.25, 0.3) is 0 Å². The molecule has 0 aliphatic carbocycles. The van der Waals surface area contributed by atoms with E-state index in [9.17, 15) is 18.0 Å². The van der Waals surface area contributed by atoms with Gasteiger partial charge in [0, 0.05) is 32.0 Å². The van der Waals surface area contributed by atoms with Gasteiger partial charge in [0.2, 0.25) is 21.8 Å². The van der Waals surface area contributed by atoms with Crippen molar-refractivity contribution in [1.82, 2.24) is 10.2 Å². The van der Waals surface area contributed by atoms with Crippen LogP contribution in [0, 0.1) is 13.8 Å². The van der Waals surface area contributed by atoms with Crippen LogP contribution < -0.4 is 9.62 Å². The predicted molar refractivity (Wildman–Crippen MR) is 162 cm³/mol. The first-order valence-electron chi connectivity index (χ1n) is 13.7. The van der Waals surface area contributed by atoms with E-state index in [0.717, 1.165) is 22.3 Å². The fourth-order valence-corrected chi connectivity index (χ4v) is 5.67. The lowest BCUT2D eigenvalue weighted by molar-refractivity contribution is -0.141. The van der Waals surface area contributed by atoms with Crippen molar-refractivity contribution in [2.24, 2.45) is 0 Å². The van der Waals surface area contributed by atoms with Crippen molar-refractivity contribution in [2.75, 3.05) is 17.1 Å². The van der Waals surface area contributed by atoms with E-state index in [1.165, 1.54) is 10.6 Å². The average Bonchev–Trinajstić information content (AvgIpc) is 2.89. The summed E-state index contributed by atoms with van der Waals surface area (Å²) in [5.41, 5.74) is 4.43. The zero-order valence-corrected chi connectivity index (χ0v) is 24.9. The number of amides is 2. The van der Waals surface area contributed by atoms with Crippen molar-refractivity contribution in [3.8, 4) is 0 Å². The Kier molecular flexibility index (Phi) is 10.9. The summed E-state index contributed by atoms with van der Waals surface area (Å²) in [5.74, 6) is -0.407. The number of nitrogens with zero attached hydrogens (tertiary/aromatic N) is 2. The molecule has 0 heterocycles. The molecule has 0 aliphatic rings. The molecule has 3 aromatic carbocycles. The average molecular weight is 564 g/mol. The molecule has 1 unspecified atom stereocenters. The van der Waals surface area contributed by atoms with Crippen LogP contribution in [-0.4, -0.2) is 50.0 Å². The van der Waals surface area contributed by atoms with Gasteiger partial charge in [-0.2, -0.15) is 0 Å². The molecule has 0 saturated carbocycles. The summed E-state index contributed by atoms with van der Waals surface area (Å²) < 4.78 is 26.6. The maximum atomic E-state index is 13.8. The summed E-state index contributed by atoms with van der Waals surface area (Å²) in [7, 11) is -3.55. The quantitative estimate of drug-likeness (QED) is 0.317. The van der Waals surface area contributed by atoms with Crippen molar-refractivity contribution in [1.29, 1.82) is 0 Å². The number of rotatable bonds is 13. The molecule has 1 atom stereocenters. The third-order valence-electron chi connectivity index (χ3n) is 6.71. The number of sulfonamides is 1. The number of benzene rings is 3. The van der Waals surface area contributed by atoms with Crippen molar-refractivity contribution in [3.05, 3.63) is 101 Å². The zero-order chi connectivity index (χ0) is 29.3. The van der Waals surface area contributed by atoms with Gasteiger partial charge < -0.3 is 10.2 Å². The van der Waals surface area contributed by atoms with Crippen LogP contribution in [0.15, 0.2) is 78.9 Å². The lowest BCUT2D eigenvalue weighted by Crippen LogP contribution is -2.51. The summed E-state index contributed by atoms with van der Waals surface area (Å²) in [5, 5.41) is 2.99. The largest absolute Gasteiger partial charge is 0.352 e. The highest BCUT2D eigenvalue weighted by Crippen LogP contribution is 2.23. The first-order chi connectivity index (χ1) is 19.0. The van der Waals surface area contributed by atoms with E-state index < -0.39 is 16.1 Å². The number of anilines is 1. The van der Waals surface area contributed by atoms with E-state index in [0.29, 0.717) is 18.5 Å². The van der Waals surface area contributed by atoms with Crippen LogP contribution in [0.25, 0.3) is 0 Å². The predicted octanol–water partition coefficient (Wildman–Crippen LogP) is 5.01. The van der Waals surface area contributed by atoms with Crippen LogP contribution in [0.2, 0.25) is 0 Å². The van der Waals surface area contributed by atoms with Crippen LogP contribution in [0.4, 0.5) is 5.69 Å². The van der Waals surface area contributed by atoms with Gasteiger partial charge in [-0.05, 0) is 56.9 Å². The molecular weight excluding hydrogens is 522 g/mol. The van der Waals surface area contributed by atoms with Crippen LogP contribution in [-0.2, 0) is 32.6 Å². The monoisotopic (exact) mass is 563 g/mol. The van der Waals surface area contributed by atoms with Crippen molar-refractivity contribution < 1.29 is 18.0 Å². The number of hydrogen-bond acceptors (Lipinski definition) is 4. The Bertz CT molecular complexity index is 1370. The first kappa shape index (κ1) is 30.9. The molecule has 40 heavy (non-hydrogen) atoms. The number of aryl methyl sites for hydroxylation is 2. The summed E-state index contributed by atoms with van der Waals surface area (Å²) in [6.45, 7) is 8.10. The Morgan fingerprint density at radius 2 is 1.48 bits per heavy atom. The molecule has 0 aliphatic heterocycles. The highest BCUT2D eigenvalue weighted by molar-refractivity contribution is 7.92. The van der Waals surface area contributed by atoms with E-state index >= 15 is 0 Å². The van der Waals surface area contributed by atoms with E-state index in [1.807, 2.05) is 94.4 Å². The summed E-state index contributed by atoms with van der Waals surface area (Å²) in [4.78, 5) is 29.0. The third-order valence-corrected chi connectivity index (χ3v) is 7.89. The Hall–Kier alpha value is -3.65. The zero-order valence-electron chi connectivity index (χ0n) is 24.1. The lowest BCUT2D eigenvalue weighted by atomic mass is 10.0. The molecule has 214 valence electrons. The molecule has 0 saturated heterocycles. The minimum Gasteiger partial charge on any atom is -0.352 e. The van der Waals surface area contributed by atoms with Gasteiger partial charge in [0.05, 0.1) is 11.9 Å². The highest BCUT2D eigenvalue weighted by atomic mass is 32.2. The fraction of sp³-hybridized carbons (Fsp3) is 0.375. The van der Waals surface area contributed by atoms with E-state index in [1.54, 1.807) is 17.0 Å². The smallest absolute Gasteiger partial charge is 0.243 e. The van der Waals surface area contributed by atoms with Crippen LogP contribution >= 0.6 is 0 Å². The molecule has 2 amide bonds. The maximum absolute atomic E-state index is 13.8. The second kappa shape index (κ2) is 14.1. The van der Waals surface area contributed by atoms with E-state index in [4.69, 9.17) is 0 Å². The molecule has 0 spiro atoms. The minimum absolute atomic E-state index is 0.0838. The molecule has 0 fully saturated rings. The van der Waals surface area contributed by atoms with Gasteiger partial charge in [0.1, 0.15) is 6.04 Å². The Labute approximate surface area is 239 Å². The normalized spacial score (nSPS) is 12.2. The Morgan fingerprint density at radius 1 is 0.850 bits per heavy atom. The molecule has 0 radical (unpaired) electrons. The van der Waals surface area contributed by atoms with Gasteiger partial charge >= 0.3 is 0 Å². The van der Waals surface area contributed by atoms with Gasteiger partial charge in [0.15, 0.2) is 0 Å². The molecule has 8 heteroatoms. The van der Waals surface area contributed by atoms with Crippen molar-refractivity contribution >= 4 is 27.5 Å². The molecule has 3 aromatic rings. The Balaban J connectivity index is 1.88. The second-order valence-corrected chi connectivity index (χ2v) is 12.5. The number of para-hydroxylation sites is 1. The van der Waals surface area contributed by atoms with E-state index in [2.05, 4.69) is 5.32 Å². The molecule has 3 rings (SSSR count). The lowest BCUT2D eigenvalue weighted by Gasteiger charge is -2.32. The SMILES string of the molecule is Cc1ccc(CN(C(=O)CCCN(c2ccccc2C)S(C)(=O)=O)C(Cc2ccccc2)C(=O)NC(C)C)cc1. The molecule has 7 nitrogen and oxygen atoms in total. The summed E-state index contributed by atoms with van der Waals surface area (Å²) >= 11 is 0. The van der Waals surface area contributed by atoms with Crippen LogP contribution in [0.3, 0.4) is 0 Å². The molecule has 0 bridgehead atoms. The molecule has 1 N–H and O–H groups in total. The summed E-state index contributed by atoms with van der Waals surface area (Å²) in [6.07, 6.45) is 1.96. The second-order valence-electron chi connectivity index (χ2n) is 10.6. The van der Waals surface area contributed by atoms with Gasteiger partial charge in [-0.25, -0.2) is 8.42 Å². The number of carbonyl (C=O) groups is 2. The minimum atomic E-state index is -3.55. The van der Waals surface area contributed by atoms with Crippen LogP contribution in [0.1, 0.15) is 48.9 Å². The van der Waals surface area contributed by atoms with Crippen molar-refractivity contribution in [2.45, 2.75) is 65.6 Å². The van der Waals surface area contributed by atoms with Crippen molar-refractivity contribution in [3.63, 3.8) is 0 Å². The summed E-state index contributed by atoms with van der Waals surface area (Å²) in [6, 6.07) is 24.1. The Morgan fingerprint density at radius 3 is 2.08 bits per heavy atom. The van der Waals surface area contributed by atoms with Gasteiger partial charge in [-0.1, -0.05) is 78.4 Å². The topological polar surface area (TPSA) is 86.8 Å². The fourth-order valence-electron chi connectivity index (χ4n) is 4.65. The van der Waals surface area contributed by atoms with E-state index in [-0.39, 0.29) is 37.4 Å². The van der Waals surface area contributed by atoms with Gasteiger partial charge in [-0.3, -0.25) is 13.9 Å². The third kappa shape index (κ3) is 8.95. The number of nitrogens with one attached hydrogen (secondary N) is 1.